The van der Waals surface area contributed by atoms with Crippen molar-refractivity contribution < 1.29 is 14.3 Å². The fourth-order valence-corrected chi connectivity index (χ4v) is 2.20. The van der Waals surface area contributed by atoms with Crippen molar-refractivity contribution in [1.82, 2.24) is 10.2 Å². The Kier molecular flexibility index (Phi) is 6.07. The average Bonchev–Trinajstić information content (AvgIpc) is 2.39. The van der Waals surface area contributed by atoms with Crippen LogP contribution in [0.4, 0.5) is 0 Å². The first-order chi connectivity index (χ1) is 9.27. The molecule has 5 nitrogen and oxygen atoms in total. The Morgan fingerprint density at radius 2 is 2.00 bits per heavy atom. The van der Waals surface area contributed by atoms with Crippen LogP contribution in [0.3, 0.4) is 0 Å². The topological polar surface area (TPSA) is 58.6 Å². The largest absolute Gasteiger partial charge is 0.496 e. The van der Waals surface area contributed by atoms with E-state index in [9.17, 15) is 9.59 Å². The molecule has 0 aromatic heterocycles. The summed E-state index contributed by atoms with van der Waals surface area (Å²) in [6.45, 7) is 1.63. The van der Waals surface area contributed by atoms with Gasteiger partial charge in [-0.2, -0.15) is 0 Å². The number of hydrogen-bond donors (Lipinski definition) is 1. The number of nitrogens with zero attached hydrogens (tertiary/aromatic N) is 1. The van der Waals surface area contributed by atoms with Gasteiger partial charge >= 0.3 is 0 Å². The van der Waals surface area contributed by atoms with E-state index < -0.39 is 11.9 Å². The average molecular weight is 411 g/mol. The first-order valence-corrected chi connectivity index (χ1v) is 7.28. The van der Waals surface area contributed by atoms with Crippen LogP contribution < -0.4 is 10.1 Å². The molecule has 1 atom stereocenters. The van der Waals surface area contributed by atoms with Gasteiger partial charge in [0.2, 0.25) is 5.91 Å². The molecule has 0 spiro atoms. The number of benzene rings is 1. The van der Waals surface area contributed by atoms with Crippen molar-refractivity contribution in [3.8, 4) is 5.75 Å². The highest BCUT2D eigenvalue weighted by Crippen LogP contribution is 2.28. The molecule has 0 aliphatic carbocycles. The molecular weight excluding hydrogens is 395 g/mol. The molecule has 20 heavy (non-hydrogen) atoms. The molecule has 1 aromatic carbocycles. The van der Waals surface area contributed by atoms with Crippen LogP contribution in [0.5, 0.6) is 5.75 Å². The molecule has 110 valence electrons. The van der Waals surface area contributed by atoms with Crippen LogP contribution in [0.25, 0.3) is 0 Å². The first-order valence-electron chi connectivity index (χ1n) is 5.83. The molecule has 2 amide bonds. The summed E-state index contributed by atoms with van der Waals surface area (Å²) in [7, 11) is 4.74. The molecule has 1 unspecified atom stereocenters. The van der Waals surface area contributed by atoms with E-state index in [1.165, 1.54) is 18.1 Å². The summed E-state index contributed by atoms with van der Waals surface area (Å²) in [5.41, 5.74) is 0.302. The molecule has 1 N–H and O–H groups in total. The third kappa shape index (κ3) is 3.99. The van der Waals surface area contributed by atoms with E-state index in [0.29, 0.717) is 16.3 Å². The monoisotopic (exact) mass is 410 g/mol. The Morgan fingerprint density at radius 1 is 1.40 bits per heavy atom. The van der Waals surface area contributed by atoms with Crippen molar-refractivity contribution in [2.45, 2.75) is 13.0 Å². The summed E-state index contributed by atoms with van der Waals surface area (Å²) in [6, 6.07) is 2.58. The van der Waals surface area contributed by atoms with Gasteiger partial charge in [-0.15, -0.1) is 0 Å². The van der Waals surface area contributed by atoms with E-state index in [2.05, 4.69) is 27.9 Å². The summed E-state index contributed by atoms with van der Waals surface area (Å²) in [5.74, 6) is -0.169. The number of hydrogen-bond acceptors (Lipinski definition) is 3. The molecule has 0 saturated carbocycles. The molecule has 0 bridgehead atoms. The van der Waals surface area contributed by atoms with Crippen LogP contribution >= 0.6 is 34.2 Å². The lowest BCUT2D eigenvalue weighted by atomic mass is 10.1. The van der Waals surface area contributed by atoms with Gasteiger partial charge in [-0.05, 0) is 41.6 Å². The second kappa shape index (κ2) is 7.12. The van der Waals surface area contributed by atoms with E-state index in [1.807, 2.05) is 0 Å². The Morgan fingerprint density at radius 3 is 2.50 bits per heavy atom. The second-order valence-electron chi connectivity index (χ2n) is 4.39. The van der Waals surface area contributed by atoms with E-state index in [0.717, 1.165) is 3.57 Å². The van der Waals surface area contributed by atoms with Crippen molar-refractivity contribution >= 4 is 46.0 Å². The van der Waals surface area contributed by atoms with Gasteiger partial charge in [0.05, 0.1) is 17.7 Å². The molecule has 7 heteroatoms. The third-order valence-electron chi connectivity index (χ3n) is 2.65. The normalized spacial score (nSPS) is 11.7. The second-order valence-corrected chi connectivity index (χ2v) is 5.96. The van der Waals surface area contributed by atoms with Crippen molar-refractivity contribution in [2.24, 2.45) is 0 Å². The first kappa shape index (κ1) is 17.0. The van der Waals surface area contributed by atoms with Crippen LogP contribution in [-0.2, 0) is 4.79 Å². The van der Waals surface area contributed by atoms with Gasteiger partial charge in [0.1, 0.15) is 11.8 Å². The molecule has 1 rings (SSSR count). The zero-order valence-corrected chi connectivity index (χ0v) is 14.6. The van der Waals surface area contributed by atoms with Gasteiger partial charge in [-0.1, -0.05) is 11.6 Å². The number of likely N-dealkylation sites (N-methyl/N-ethyl adjacent to an activating group) is 1. The van der Waals surface area contributed by atoms with Crippen LogP contribution in [-0.4, -0.2) is 44.0 Å². The van der Waals surface area contributed by atoms with Gasteiger partial charge in [-0.3, -0.25) is 9.59 Å². The summed E-state index contributed by atoms with van der Waals surface area (Å²) in [4.78, 5) is 25.4. The van der Waals surface area contributed by atoms with E-state index in [4.69, 9.17) is 16.3 Å². The van der Waals surface area contributed by atoms with Crippen molar-refractivity contribution in [3.63, 3.8) is 0 Å². The fourth-order valence-electron chi connectivity index (χ4n) is 1.60. The minimum absolute atomic E-state index is 0.186. The lowest BCUT2D eigenvalue weighted by Gasteiger charge is -2.18. The van der Waals surface area contributed by atoms with Gasteiger partial charge < -0.3 is 15.0 Å². The highest BCUT2D eigenvalue weighted by molar-refractivity contribution is 14.1. The highest BCUT2D eigenvalue weighted by atomic mass is 127. The zero-order chi connectivity index (χ0) is 15.4. The quantitative estimate of drug-likeness (QED) is 0.774. The fraction of sp³-hybridized carbons (Fsp3) is 0.385. The van der Waals surface area contributed by atoms with Crippen molar-refractivity contribution in [2.75, 3.05) is 21.2 Å². The molecule has 0 heterocycles. The van der Waals surface area contributed by atoms with E-state index >= 15 is 0 Å². The van der Waals surface area contributed by atoms with Crippen molar-refractivity contribution in [1.29, 1.82) is 0 Å². The number of carbonyl (C=O) groups is 2. The standard InChI is InChI=1S/C13H16ClIN2O3/c1-7(13(19)17(2)3)16-12(18)8-5-9(14)10(15)6-11(8)20-4/h5-7H,1-4H3,(H,16,18). The highest BCUT2D eigenvalue weighted by Gasteiger charge is 2.21. The molecule has 0 fully saturated rings. The number of nitrogens with one attached hydrogen (secondary N) is 1. The predicted molar refractivity (Wildman–Crippen MR) is 86.3 cm³/mol. The summed E-state index contributed by atoms with van der Waals surface area (Å²) >= 11 is 8.07. The molecular formula is C13H16ClIN2O3. The number of rotatable bonds is 4. The molecule has 1 aromatic rings. The Balaban J connectivity index is 2.98. The lowest BCUT2D eigenvalue weighted by Crippen LogP contribution is -2.44. The predicted octanol–water partition coefficient (Wildman–Crippen LogP) is 2.16. The molecule has 0 saturated heterocycles. The Bertz CT molecular complexity index is 535. The zero-order valence-electron chi connectivity index (χ0n) is 11.7. The maximum absolute atomic E-state index is 12.2. The van der Waals surface area contributed by atoms with Gasteiger partial charge in [0.15, 0.2) is 0 Å². The van der Waals surface area contributed by atoms with E-state index in [-0.39, 0.29) is 5.91 Å². The summed E-state index contributed by atoms with van der Waals surface area (Å²) in [5, 5.41) is 3.09. The Labute approximate surface area is 136 Å². The maximum Gasteiger partial charge on any atom is 0.255 e. The van der Waals surface area contributed by atoms with Crippen molar-refractivity contribution in [3.05, 3.63) is 26.3 Å². The van der Waals surface area contributed by atoms with Crippen LogP contribution in [0, 0.1) is 3.57 Å². The maximum atomic E-state index is 12.2. The third-order valence-corrected chi connectivity index (χ3v) is 4.17. The number of methoxy groups -OCH3 is 1. The Hall–Kier alpha value is -1.02. The number of carbonyl (C=O) groups excluding carboxylic acids is 2. The molecule has 0 radical (unpaired) electrons. The lowest BCUT2D eigenvalue weighted by molar-refractivity contribution is -0.130. The molecule has 0 aliphatic rings. The summed E-state index contributed by atoms with van der Waals surface area (Å²) < 4.78 is 5.96. The number of amides is 2. The van der Waals surface area contributed by atoms with E-state index in [1.54, 1.807) is 27.1 Å². The van der Waals surface area contributed by atoms with Crippen LogP contribution in [0.15, 0.2) is 12.1 Å². The van der Waals surface area contributed by atoms with Gasteiger partial charge in [0.25, 0.3) is 5.91 Å². The number of ether oxygens (including phenoxy) is 1. The molecule has 0 aliphatic heterocycles. The van der Waals surface area contributed by atoms with Gasteiger partial charge in [-0.25, -0.2) is 0 Å². The van der Waals surface area contributed by atoms with Gasteiger partial charge in [0, 0.05) is 17.7 Å². The minimum Gasteiger partial charge on any atom is -0.496 e. The summed E-state index contributed by atoms with van der Waals surface area (Å²) in [6.07, 6.45) is 0. The SMILES string of the molecule is COc1cc(I)c(Cl)cc1C(=O)NC(C)C(=O)N(C)C. The smallest absolute Gasteiger partial charge is 0.255 e. The minimum atomic E-state index is -0.625. The number of halogens is 2. The van der Waals surface area contributed by atoms with Crippen LogP contribution in [0.2, 0.25) is 5.02 Å². The van der Waals surface area contributed by atoms with Crippen LogP contribution in [0.1, 0.15) is 17.3 Å².